The molecule has 2 atom stereocenters. The average Bonchev–Trinajstić information content (AvgIpc) is 2.30. The van der Waals surface area contributed by atoms with E-state index in [0.717, 1.165) is 12.5 Å². The number of nitrogens with one attached hydrogen (secondary N) is 2. The van der Waals surface area contributed by atoms with Crippen molar-refractivity contribution in [2.24, 2.45) is 10.4 Å². The Morgan fingerprint density at radius 2 is 1.84 bits per heavy atom. The van der Waals surface area contributed by atoms with Crippen molar-refractivity contribution in [3.8, 4) is 0 Å². The van der Waals surface area contributed by atoms with Gasteiger partial charge in [-0.05, 0) is 31.4 Å². The van der Waals surface area contributed by atoms with Crippen molar-refractivity contribution in [1.82, 2.24) is 10.6 Å². The Morgan fingerprint density at radius 3 is 2.26 bits per heavy atom. The van der Waals surface area contributed by atoms with Gasteiger partial charge in [0.15, 0.2) is 5.96 Å². The zero-order valence-electron chi connectivity index (χ0n) is 13.5. The van der Waals surface area contributed by atoms with E-state index in [9.17, 15) is 0 Å². The summed E-state index contributed by atoms with van der Waals surface area (Å²) < 4.78 is 0. The number of rotatable bonds is 6. The second-order valence-corrected chi connectivity index (χ2v) is 7.42. The molecule has 0 aliphatic rings. The molecule has 0 amide bonds. The quantitative estimate of drug-likeness (QED) is 0.405. The molecule has 0 spiro atoms. The molecule has 0 bridgehead atoms. The van der Waals surface area contributed by atoms with Gasteiger partial charge >= 0.3 is 0 Å². The third kappa shape index (κ3) is 13.1. The van der Waals surface area contributed by atoms with Crippen LogP contribution in [0, 0.1) is 5.41 Å². The van der Waals surface area contributed by atoms with Crippen molar-refractivity contribution in [1.29, 1.82) is 0 Å². The number of hydrogen-bond donors (Lipinski definition) is 2. The third-order valence-corrected chi connectivity index (χ3v) is 3.86. The molecule has 0 aliphatic carbocycles. The number of guanidine groups is 1. The lowest BCUT2D eigenvalue weighted by Gasteiger charge is -2.23. The molecule has 0 aliphatic heterocycles. The van der Waals surface area contributed by atoms with Crippen LogP contribution in [0.4, 0.5) is 0 Å². The van der Waals surface area contributed by atoms with Crippen LogP contribution in [0.5, 0.6) is 0 Å². The summed E-state index contributed by atoms with van der Waals surface area (Å²) in [5, 5.41) is 7.42. The summed E-state index contributed by atoms with van der Waals surface area (Å²) in [7, 11) is 1.83. The second-order valence-electron chi connectivity index (χ2n) is 6.14. The van der Waals surface area contributed by atoms with E-state index in [1.807, 2.05) is 18.8 Å². The summed E-state index contributed by atoms with van der Waals surface area (Å²) in [5.74, 6) is 0.914. The molecular formula is C14H32IN3S. The Kier molecular flexibility index (Phi) is 12.6. The zero-order chi connectivity index (χ0) is 14.2. The highest BCUT2D eigenvalue weighted by Gasteiger charge is 2.13. The van der Waals surface area contributed by atoms with Crippen molar-refractivity contribution < 1.29 is 0 Å². The van der Waals surface area contributed by atoms with E-state index in [-0.39, 0.29) is 24.0 Å². The van der Waals surface area contributed by atoms with Gasteiger partial charge in [0.1, 0.15) is 0 Å². The first-order valence-corrected chi connectivity index (χ1v) is 8.07. The van der Waals surface area contributed by atoms with Crippen LogP contribution >= 0.6 is 35.7 Å². The maximum Gasteiger partial charge on any atom is 0.191 e. The van der Waals surface area contributed by atoms with Crippen LogP contribution in [-0.2, 0) is 0 Å². The van der Waals surface area contributed by atoms with Crippen LogP contribution in [0.2, 0.25) is 0 Å². The van der Waals surface area contributed by atoms with E-state index in [2.05, 4.69) is 56.5 Å². The molecule has 0 rings (SSSR count). The van der Waals surface area contributed by atoms with Crippen LogP contribution in [0.15, 0.2) is 4.99 Å². The maximum atomic E-state index is 4.26. The summed E-state index contributed by atoms with van der Waals surface area (Å²) in [6.07, 6.45) is 4.52. The van der Waals surface area contributed by atoms with Crippen molar-refractivity contribution in [2.45, 2.75) is 58.8 Å². The molecule has 0 saturated heterocycles. The summed E-state index contributed by atoms with van der Waals surface area (Å²) >= 11 is 1.86. The lowest BCUT2D eigenvalue weighted by atomic mass is 9.89. The number of thioether (sulfide) groups is 1. The van der Waals surface area contributed by atoms with E-state index in [1.54, 1.807) is 0 Å². The van der Waals surface area contributed by atoms with Crippen molar-refractivity contribution in [3.05, 3.63) is 0 Å². The Balaban J connectivity index is 0. The first-order valence-electron chi connectivity index (χ1n) is 6.78. The molecule has 2 unspecified atom stereocenters. The van der Waals surface area contributed by atoms with Crippen LogP contribution in [0.3, 0.4) is 0 Å². The van der Waals surface area contributed by atoms with Crippen molar-refractivity contribution >= 4 is 41.7 Å². The van der Waals surface area contributed by atoms with Gasteiger partial charge in [-0.3, -0.25) is 4.99 Å². The van der Waals surface area contributed by atoms with E-state index in [1.165, 1.54) is 12.8 Å². The standard InChI is InChI=1S/C14H31N3S.HI/c1-11(8-9-14(3,4)5)17-13(15-6)16-10-12(2)18-7;/h11-12H,8-10H2,1-7H3,(H2,15,16,17);1H. The van der Waals surface area contributed by atoms with E-state index < -0.39 is 0 Å². The fraction of sp³-hybridized carbons (Fsp3) is 0.929. The second kappa shape index (κ2) is 11.1. The van der Waals surface area contributed by atoms with Crippen LogP contribution in [-0.4, -0.2) is 37.1 Å². The van der Waals surface area contributed by atoms with Crippen molar-refractivity contribution in [2.75, 3.05) is 19.8 Å². The van der Waals surface area contributed by atoms with E-state index in [4.69, 9.17) is 0 Å². The molecule has 0 aromatic heterocycles. The molecule has 0 fully saturated rings. The third-order valence-electron chi connectivity index (χ3n) is 2.89. The van der Waals surface area contributed by atoms with Gasteiger partial charge in [-0.2, -0.15) is 11.8 Å². The van der Waals surface area contributed by atoms with Gasteiger partial charge in [-0.25, -0.2) is 0 Å². The topological polar surface area (TPSA) is 36.4 Å². The molecule has 5 heteroatoms. The lowest BCUT2D eigenvalue weighted by Crippen LogP contribution is -2.44. The highest BCUT2D eigenvalue weighted by molar-refractivity contribution is 14.0. The highest BCUT2D eigenvalue weighted by atomic mass is 127. The predicted octanol–water partition coefficient (Wildman–Crippen LogP) is 3.74. The number of nitrogens with zero attached hydrogens (tertiary/aromatic N) is 1. The van der Waals surface area contributed by atoms with E-state index >= 15 is 0 Å². The van der Waals surface area contributed by atoms with Gasteiger partial charge in [0, 0.05) is 24.9 Å². The molecule has 0 heterocycles. The van der Waals surface area contributed by atoms with Gasteiger partial charge in [-0.15, -0.1) is 24.0 Å². The van der Waals surface area contributed by atoms with Gasteiger partial charge < -0.3 is 10.6 Å². The fourth-order valence-electron chi connectivity index (χ4n) is 1.47. The summed E-state index contributed by atoms with van der Waals surface area (Å²) in [6, 6.07) is 0.458. The smallest absolute Gasteiger partial charge is 0.191 e. The van der Waals surface area contributed by atoms with Crippen molar-refractivity contribution in [3.63, 3.8) is 0 Å². The molecule has 19 heavy (non-hydrogen) atoms. The number of aliphatic imine (C=N–C) groups is 1. The molecule has 0 radical (unpaired) electrons. The first-order chi connectivity index (χ1) is 8.28. The molecule has 0 aromatic carbocycles. The molecule has 116 valence electrons. The normalized spacial score (nSPS) is 15.4. The monoisotopic (exact) mass is 401 g/mol. The zero-order valence-corrected chi connectivity index (χ0v) is 16.7. The average molecular weight is 401 g/mol. The molecule has 0 aromatic rings. The minimum atomic E-state index is 0. The van der Waals surface area contributed by atoms with Gasteiger partial charge in [0.25, 0.3) is 0 Å². The van der Waals surface area contributed by atoms with E-state index in [0.29, 0.717) is 16.7 Å². The lowest BCUT2D eigenvalue weighted by molar-refractivity contribution is 0.346. The SMILES string of the molecule is CN=C(NCC(C)SC)NC(C)CCC(C)(C)C.I. The maximum absolute atomic E-state index is 4.26. The first kappa shape index (κ1) is 21.6. The Bertz CT molecular complexity index is 252. The summed E-state index contributed by atoms with van der Waals surface area (Å²) in [6.45, 7) is 12.2. The largest absolute Gasteiger partial charge is 0.355 e. The summed E-state index contributed by atoms with van der Waals surface area (Å²) in [4.78, 5) is 4.26. The van der Waals surface area contributed by atoms with Gasteiger partial charge in [-0.1, -0.05) is 27.7 Å². The minimum Gasteiger partial charge on any atom is -0.355 e. The van der Waals surface area contributed by atoms with Crippen LogP contribution < -0.4 is 10.6 Å². The number of halogens is 1. The highest BCUT2D eigenvalue weighted by Crippen LogP contribution is 2.21. The number of hydrogen-bond acceptors (Lipinski definition) is 2. The molecular weight excluding hydrogens is 369 g/mol. The summed E-state index contributed by atoms with van der Waals surface area (Å²) in [5.41, 5.74) is 0.403. The Hall–Kier alpha value is 0.350. The Labute approximate surface area is 141 Å². The minimum absolute atomic E-state index is 0. The Morgan fingerprint density at radius 1 is 1.26 bits per heavy atom. The van der Waals surface area contributed by atoms with Gasteiger partial charge in [0.05, 0.1) is 0 Å². The van der Waals surface area contributed by atoms with Crippen LogP contribution in [0.1, 0.15) is 47.5 Å². The van der Waals surface area contributed by atoms with Crippen LogP contribution in [0.25, 0.3) is 0 Å². The fourth-order valence-corrected chi connectivity index (χ4v) is 1.72. The predicted molar refractivity (Wildman–Crippen MR) is 101 cm³/mol. The molecule has 3 nitrogen and oxygen atoms in total. The molecule has 0 saturated carbocycles. The molecule has 2 N–H and O–H groups in total. The van der Waals surface area contributed by atoms with Gasteiger partial charge in [0.2, 0.25) is 0 Å².